The third-order valence-electron chi connectivity index (χ3n) is 1.39. The van der Waals surface area contributed by atoms with Crippen LogP contribution in [0.3, 0.4) is 0 Å². The summed E-state index contributed by atoms with van der Waals surface area (Å²) in [5, 5.41) is 10.3. The van der Waals surface area contributed by atoms with Gasteiger partial charge in [-0.15, -0.1) is 0 Å². The first kappa shape index (κ1) is 11.0. The smallest absolute Gasteiger partial charge is 0.366 e. The van der Waals surface area contributed by atoms with E-state index in [4.69, 9.17) is 5.73 Å². The molecule has 5 nitrogen and oxygen atoms in total. The van der Waals surface area contributed by atoms with E-state index in [2.05, 4.69) is 4.98 Å². The molecule has 1 rings (SSSR count). The van der Waals surface area contributed by atoms with Crippen LogP contribution in [0.2, 0.25) is 0 Å². The van der Waals surface area contributed by atoms with E-state index in [1.165, 1.54) is 0 Å². The van der Waals surface area contributed by atoms with Crippen molar-refractivity contribution in [1.82, 2.24) is 4.98 Å². The molecule has 0 aromatic carbocycles. The van der Waals surface area contributed by atoms with E-state index in [1.54, 1.807) is 22.6 Å². The average Bonchev–Trinajstić information content (AvgIpc) is 2.08. The highest BCUT2D eigenvalue weighted by molar-refractivity contribution is 14.1. The standard InChI is InChI=1S/C6H4F2IN3O2/c7-6(8)5-4(9)2(10)1-3(11-5)12(13)14/h1,6H,(H2,10,11). The molecule has 2 N–H and O–H groups in total. The SMILES string of the molecule is Nc1cc([N+](=O)[O-])nc(C(F)F)c1I. The summed E-state index contributed by atoms with van der Waals surface area (Å²) in [6.07, 6.45) is -2.87. The highest BCUT2D eigenvalue weighted by Gasteiger charge is 2.24. The van der Waals surface area contributed by atoms with Crippen LogP contribution in [0.15, 0.2) is 6.07 Å². The van der Waals surface area contributed by atoms with Gasteiger partial charge in [0.1, 0.15) is 0 Å². The van der Waals surface area contributed by atoms with Crippen molar-refractivity contribution in [2.24, 2.45) is 0 Å². The zero-order valence-electron chi connectivity index (χ0n) is 6.58. The van der Waals surface area contributed by atoms with Crippen LogP contribution in [-0.2, 0) is 0 Å². The number of nitrogens with two attached hydrogens (primary N) is 1. The second-order valence-corrected chi connectivity index (χ2v) is 3.41. The lowest BCUT2D eigenvalue weighted by Gasteiger charge is -2.01. The second-order valence-electron chi connectivity index (χ2n) is 2.33. The lowest BCUT2D eigenvalue weighted by Crippen LogP contribution is -2.03. The van der Waals surface area contributed by atoms with Crippen molar-refractivity contribution in [2.75, 3.05) is 5.73 Å². The molecule has 1 aromatic rings. The van der Waals surface area contributed by atoms with Crippen molar-refractivity contribution in [2.45, 2.75) is 6.43 Å². The molecule has 0 aliphatic heterocycles. The third kappa shape index (κ3) is 2.05. The lowest BCUT2D eigenvalue weighted by atomic mass is 10.3. The normalized spacial score (nSPS) is 10.6. The van der Waals surface area contributed by atoms with Gasteiger partial charge in [-0.3, -0.25) is 0 Å². The summed E-state index contributed by atoms with van der Waals surface area (Å²) in [4.78, 5) is 12.6. The van der Waals surface area contributed by atoms with Crippen LogP contribution >= 0.6 is 22.6 Å². The van der Waals surface area contributed by atoms with Gasteiger partial charge in [-0.1, -0.05) is 0 Å². The van der Waals surface area contributed by atoms with Gasteiger partial charge in [0.2, 0.25) is 5.69 Å². The zero-order chi connectivity index (χ0) is 10.9. The monoisotopic (exact) mass is 315 g/mol. The minimum absolute atomic E-state index is 0.0446. The summed E-state index contributed by atoms with van der Waals surface area (Å²) in [6, 6.07) is 0.952. The van der Waals surface area contributed by atoms with Crippen molar-refractivity contribution in [3.8, 4) is 0 Å². The molecule has 0 aliphatic rings. The Morgan fingerprint density at radius 2 is 2.21 bits per heavy atom. The molecule has 14 heavy (non-hydrogen) atoms. The molecule has 1 heterocycles. The largest absolute Gasteiger partial charge is 0.397 e. The molecule has 0 radical (unpaired) electrons. The first-order chi connectivity index (χ1) is 6.43. The first-order valence-corrected chi connectivity index (χ1v) is 4.39. The molecular weight excluding hydrogens is 311 g/mol. The van der Waals surface area contributed by atoms with Gasteiger partial charge in [0.25, 0.3) is 0 Å². The molecule has 0 amide bonds. The number of nitro groups is 1. The minimum Gasteiger partial charge on any atom is -0.397 e. The Hall–Kier alpha value is -1.06. The van der Waals surface area contributed by atoms with E-state index < -0.39 is 22.9 Å². The van der Waals surface area contributed by atoms with Gasteiger partial charge >= 0.3 is 12.2 Å². The van der Waals surface area contributed by atoms with Crippen LogP contribution in [-0.4, -0.2) is 9.91 Å². The summed E-state index contributed by atoms with van der Waals surface area (Å²) in [6.45, 7) is 0. The molecule has 0 aliphatic carbocycles. The number of aromatic nitrogens is 1. The molecule has 76 valence electrons. The van der Waals surface area contributed by atoms with Crippen molar-refractivity contribution in [1.29, 1.82) is 0 Å². The van der Waals surface area contributed by atoms with Crippen molar-refractivity contribution < 1.29 is 13.7 Å². The lowest BCUT2D eigenvalue weighted by molar-refractivity contribution is -0.389. The van der Waals surface area contributed by atoms with E-state index in [9.17, 15) is 18.9 Å². The van der Waals surface area contributed by atoms with E-state index >= 15 is 0 Å². The Morgan fingerprint density at radius 3 is 2.64 bits per heavy atom. The molecule has 8 heteroatoms. The molecular formula is C6H4F2IN3O2. The van der Waals surface area contributed by atoms with Crippen LogP contribution in [0.4, 0.5) is 20.3 Å². The zero-order valence-corrected chi connectivity index (χ0v) is 8.73. The predicted octanol–water partition coefficient (Wildman–Crippen LogP) is 2.11. The fourth-order valence-electron chi connectivity index (χ4n) is 0.793. The molecule has 0 bridgehead atoms. The predicted molar refractivity (Wildman–Crippen MR) is 53.0 cm³/mol. The van der Waals surface area contributed by atoms with Crippen LogP contribution in [0.25, 0.3) is 0 Å². The number of anilines is 1. The Morgan fingerprint density at radius 1 is 1.64 bits per heavy atom. The average molecular weight is 315 g/mol. The molecule has 0 saturated heterocycles. The quantitative estimate of drug-likeness (QED) is 0.515. The summed E-state index contributed by atoms with van der Waals surface area (Å²) < 4.78 is 24.7. The van der Waals surface area contributed by atoms with E-state index in [-0.39, 0.29) is 9.26 Å². The molecule has 0 saturated carbocycles. The van der Waals surface area contributed by atoms with Gasteiger partial charge < -0.3 is 15.8 Å². The van der Waals surface area contributed by atoms with Gasteiger partial charge in [0.05, 0.1) is 15.3 Å². The van der Waals surface area contributed by atoms with Crippen LogP contribution < -0.4 is 5.73 Å². The summed E-state index contributed by atoms with van der Waals surface area (Å²) in [5.74, 6) is -0.668. The van der Waals surface area contributed by atoms with Gasteiger partial charge in [-0.05, 0) is 32.5 Å². The maximum Gasteiger partial charge on any atom is 0.366 e. The van der Waals surface area contributed by atoms with Crippen molar-refractivity contribution >= 4 is 34.1 Å². The fourth-order valence-corrected chi connectivity index (χ4v) is 1.30. The molecule has 0 unspecified atom stereocenters. The maximum atomic E-state index is 12.3. The van der Waals surface area contributed by atoms with Gasteiger partial charge in [0.15, 0.2) is 0 Å². The Balaban J connectivity index is 3.35. The third-order valence-corrected chi connectivity index (χ3v) is 2.57. The van der Waals surface area contributed by atoms with Gasteiger partial charge in [0, 0.05) is 0 Å². The fraction of sp³-hybridized carbons (Fsp3) is 0.167. The van der Waals surface area contributed by atoms with Crippen molar-refractivity contribution in [3.05, 3.63) is 25.4 Å². The first-order valence-electron chi connectivity index (χ1n) is 3.32. The molecule has 0 fully saturated rings. The number of hydrogen-bond donors (Lipinski definition) is 1. The second kappa shape index (κ2) is 3.98. The number of hydrogen-bond acceptors (Lipinski definition) is 4. The van der Waals surface area contributed by atoms with Gasteiger partial charge in [-0.2, -0.15) is 0 Å². The van der Waals surface area contributed by atoms with E-state index in [0.717, 1.165) is 6.07 Å². The van der Waals surface area contributed by atoms with Crippen LogP contribution in [0.5, 0.6) is 0 Å². The van der Waals surface area contributed by atoms with E-state index in [1.807, 2.05) is 0 Å². The number of halogens is 3. The topological polar surface area (TPSA) is 82.0 Å². The Labute approximate surface area is 90.6 Å². The Bertz CT molecular complexity index is 386. The number of nitrogen functional groups attached to an aromatic ring is 1. The van der Waals surface area contributed by atoms with Crippen molar-refractivity contribution in [3.63, 3.8) is 0 Å². The molecule has 0 spiro atoms. The highest BCUT2D eigenvalue weighted by atomic mass is 127. The number of rotatable bonds is 2. The maximum absolute atomic E-state index is 12.3. The number of nitrogens with zero attached hydrogens (tertiary/aromatic N) is 2. The summed E-state index contributed by atoms with van der Waals surface area (Å²) in [7, 11) is 0. The number of alkyl halides is 2. The minimum atomic E-state index is -2.87. The van der Waals surface area contributed by atoms with Gasteiger partial charge in [-0.25, -0.2) is 8.78 Å². The summed E-state index contributed by atoms with van der Waals surface area (Å²) in [5.41, 5.74) is 4.59. The molecule has 0 atom stereocenters. The van der Waals surface area contributed by atoms with E-state index in [0.29, 0.717) is 0 Å². The highest BCUT2D eigenvalue weighted by Crippen LogP contribution is 2.29. The Kier molecular flexibility index (Phi) is 3.13. The molecule has 1 aromatic heterocycles. The number of pyridine rings is 1. The van der Waals surface area contributed by atoms with Crippen LogP contribution in [0, 0.1) is 13.7 Å². The van der Waals surface area contributed by atoms with Crippen LogP contribution in [0.1, 0.15) is 12.1 Å². The summed E-state index contributed by atoms with van der Waals surface area (Å²) >= 11 is 1.57.